The van der Waals surface area contributed by atoms with Crippen LogP contribution >= 0.6 is 0 Å². The van der Waals surface area contributed by atoms with E-state index < -0.39 is 0 Å². The van der Waals surface area contributed by atoms with Gasteiger partial charge in [0.2, 0.25) is 0 Å². The molecule has 1 atom stereocenters. The SMILES string of the molecule is C[C@H](CNC(=O)NCc1ncnn1C)N(C)C1CC1. The van der Waals surface area contributed by atoms with Crippen LogP contribution in [0.15, 0.2) is 6.33 Å². The van der Waals surface area contributed by atoms with Crippen LogP contribution in [-0.4, -0.2) is 51.4 Å². The number of urea groups is 1. The van der Waals surface area contributed by atoms with Crippen molar-refractivity contribution >= 4 is 6.03 Å². The predicted octanol–water partition coefficient (Wildman–Crippen LogP) is 0.0970. The van der Waals surface area contributed by atoms with E-state index in [1.807, 2.05) is 0 Å². The van der Waals surface area contributed by atoms with Crippen LogP contribution in [0.2, 0.25) is 0 Å². The number of carbonyl (C=O) groups is 1. The van der Waals surface area contributed by atoms with Crippen molar-refractivity contribution in [2.24, 2.45) is 7.05 Å². The molecule has 0 aliphatic heterocycles. The van der Waals surface area contributed by atoms with E-state index in [0.717, 1.165) is 5.82 Å². The van der Waals surface area contributed by atoms with Crippen LogP contribution in [0, 0.1) is 0 Å². The van der Waals surface area contributed by atoms with Crippen molar-refractivity contribution in [1.29, 1.82) is 0 Å². The summed E-state index contributed by atoms with van der Waals surface area (Å²) < 4.78 is 1.64. The minimum Gasteiger partial charge on any atom is -0.337 e. The molecule has 2 rings (SSSR count). The average Bonchev–Trinajstić information content (AvgIpc) is 3.16. The van der Waals surface area contributed by atoms with Crippen LogP contribution in [0.1, 0.15) is 25.6 Å². The fourth-order valence-corrected chi connectivity index (χ4v) is 1.93. The smallest absolute Gasteiger partial charge is 0.315 e. The molecular formula is C12H22N6O. The Kier molecular flexibility index (Phi) is 4.36. The van der Waals surface area contributed by atoms with Crippen molar-refractivity contribution < 1.29 is 4.79 Å². The Bertz CT molecular complexity index is 428. The van der Waals surface area contributed by atoms with Gasteiger partial charge >= 0.3 is 6.03 Å². The monoisotopic (exact) mass is 266 g/mol. The Morgan fingerprint density at radius 2 is 2.32 bits per heavy atom. The highest BCUT2D eigenvalue weighted by atomic mass is 16.2. The fourth-order valence-electron chi connectivity index (χ4n) is 1.93. The molecular weight excluding hydrogens is 244 g/mol. The Balaban J connectivity index is 1.65. The number of hydrogen-bond acceptors (Lipinski definition) is 4. The molecule has 7 nitrogen and oxygen atoms in total. The standard InChI is InChI=1S/C12H22N6O/c1-9(17(2)10-4-5-10)6-13-12(19)14-7-11-15-8-16-18(11)3/h8-10H,4-7H2,1-3H3,(H2,13,14,19)/t9-/m1/s1. The zero-order valence-electron chi connectivity index (χ0n) is 11.8. The molecule has 0 unspecified atom stereocenters. The van der Waals surface area contributed by atoms with Crippen molar-refractivity contribution in [1.82, 2.24) is 30.3 Å². The number of likely N-dealkylation sites (N-methyl/N-ethyl adjacent to an activating group) is 1. The molecule has 2 amide bonds. The van der Waals surface area contributed by atoms with E-state index in [2.05, 4.69) is 39.6 Å². The third kappa shape index (κ3) is 3.92. The summed E-state index contributed by atoms with van der Waals surface area (Å²) in [6.07, 6.45) is 4.03. The molecule has 0 bridgehead atoms. The molecule has 2 N–H and O–H groups in total. The van der Waals surface area contributed by atoms with Crippen LogP contribution in [0.3, 0.4) is 0 Å². The molecule has 1 aliphatic carbocycles. The second-order valence-electron chi connectivity index (χ2n) is 5.11. The number of rotatable bonds is 6. The Labute approximate surface area is 113 Å². The van der Waals surface area contributed by atoms with E-state index in [1.54, 1.807) is 11.7 Å². The zero-order chi connectivity index (χ0) is 13.8. The summed E-state index contributed by atoms with van der Waals surface area (Å²) in [5.74, 6) is 0.735. The number of carbonyl (C=O) groups excluding carboxylic acids is 1. The van der Waals surface area contributed by atoms with Gasteiger partial charge in [0.15, 0.2) is 0 Å². The molecule has 0 spiro atoms. The van der Waals surface area contributed by atoms with E-state index in [0.29, 0.717) is 25.2 Å². The Morgan fingerprint density at radius 1 is 1.58 bits per heavy atom. The molecule has 106 valence electrons. The lowest BCUT2D eigenvalue weighted by atomic mass is 10.3. The van der Waals surface area contributed by atoms with E-state index >= 15 is 0 Å². The van der Waals surface area contributed by atoms with E-state index in [1.165, 1.54) is 19.2 Å². The Morgan fingerprint density at radius 3 is 2.89 bits per heavy atom. The van der Waals surface area contributed by atoms with Gasteiger partial charge in [-0.3, -0.25) is 9.58 Å². The molecule has 1 aromatic rings. The molecule has 0 radical (unpaired) electrons. The molecule has 1 aliphatic rings. The zero-order valence-corrected chi connectivity index (χ0v) is 11.8. The summed E-state index contributed by atoms with van der Waals surface area (Å²) in [6.45, 7) is 3.16. The number of aryl methyl sites for hydroxylation is 1. The van der Waals surface area contributed by atoms with E-state index in [9.17, 15) is 4.79 Å². The van der Waals surface area contributed by atoms with Gasteiger partial charge in [-0.15, -0.1) is 0 Å². The lowest BCUT2D eigenvalue weighted by Gasteiger charge is -2.24. The minimum atomic E-state index is -0.168. The third-order valence-corrected chi connectivity index (χ3v) is 3.59. The maximum atomic E-state index is 11.7. The van der Waals surface area contributed by atoms with Gasteiger partial charge in [0.1, 0.15) is 12.2 Å². The van der Waals surface area contributed by atoms with Gasteiger partial charge in [-0.25, -0.2) is 9.78 Å². The number of nitrogens with zero attached hydrogens (tertiary/aromatic N) is 4. The highest BCUT2D eigenvalue weighted by Crippen LogP contribution is 2.26. The largest absolute Gasteiger partial charge is 0.337 e. The summed E-state index contributed by atoms with van der Waals surface area (Å²) >= 11 is 0. The predicted molar refractivity (Wildman–Crippen MR) is 71.5 cm³/mol. The van der Waals surface area contributed by atoms with Gasteiger partial charge in [0, 0.05) is 25.7 Å². The maximum absolute atomic E-state index is 11.7. The first kappa shape index (κ1) is 13.8. The van der Waals surface area contributed by atoms with Crippen LogP contribution in [0.25, 0.3) is 0 Å². The molecule has 19 heavy (non-hydrogen) atoms. The molecule has 1 aromatic heterocycles. The average molecular weight is 266 g/mol. The number of nitrogens with one attached hydrogen (secondary N) is 2. The summed E-state index contributed by atoms with van der Waals surface area (Å²) in [4.78, 5) is 18.0. The molecule has 1 fully saturated rings. The van der Waals surface area contributed by atoms with Crippen molar-refractivity contribution in [3.05, 3.63) is 12.2 Å². The highest BCUT2D eigenvalue weighted by Gasteiger charge is 2.29. The van der Waals surface area contributed by atoms with E-state index in [-0.39, 0.29) is 6.03 Å². The van der Waals surface area contributed by atoms with Crippen LogP contribution < -0.4 is 10.6 Å². The van der Waals surface area contributed by atoms with Gasteiger partial charge in [-0.05, 0) is 26.8 Å². The second-order valence-corrected chi connectivity index (χ2v) is 5.11. The van der Waals surface area contributed by atoms with Gasteiger partial charge in [0.05, 0.1) is 6.54 Å². The first-order valence-corrected chi connectivity index (χ1v) is 6.64. The van der Waals surface area contributed by atoms with Crippen LogP contribution in [0.5, 0.6) is 0 Å². The van der Waals surface area contributed by atoms with Gasteiger partial charge < -0.3 is 10.6 Å². The quantitative estimate of drug-likeness (QED) is 0.765. The highest BCUT2D eigenvalue weighted by molar-refractivity contribution is 5.73. The van der Waals surface area contributed by atoms with Crippen molar-refractivity contribution in [2.75, 3.05) is 13.6 Å². The molecule has 0 saturated heterocycles. The van der Waals surface area contributed by atoms with E-state index in [4.69, 9.17) is 0 Å². The fraction of sp³-hybridized carbons (Fsp3) is 0.750. The van der Waals surface area contributed by atoms with Crippen LogP contribution in [0.4, 0.5) is 4.79 Å². The lowest BCUT2D eigenvalue weighted by molar-refractivity contribution is 0.222. The normalized spacial score (nSPS) is 16.4. The number of aromatic nitrogens is 3. The molecule has 7 heteroatoms. The minimum absolute atomic E-state index is 0.168. The van der Waals surface area contributed by atoms with Crippen molar-refractivity contribution in [3.63, 3.8) is 0 Å². The third-order valence-electron chi connectivity index (χ3n) is 3.59. The second kappa shape index (κ2) is 6.01. The van der Waals surface area contributed by atoms with Crippen molar-refractivity contribution in [3.8, 4) is 0 Å². The number of hydrogen-bond donors (Lipinski definition) is 2. The summed E-state index contributed by atoms with van der Waals surface area (Å²) in [5.41, 5.74) is 0. The maximum Gasteiger partial charge on any atom is 0.315 e. The van der Waals surface area contributed by atoms with Crippen molar-refractivity contribution in [2.45, 2.75) is 38.4 Å². The Hall–Kier alpha value is -1.63. The molecule has 1 saturated carbocycles. The van der Waals surface area contributed by atoms with Crippen LogP contribution in [-0.2, 0) is 13.6 Å². The van der Waals surface area contributed by atoms with Gasteiger partial charge in [0.25, 0.3) is 0 Å². The first-order valence-electron chi connectivity index (χ1n) is 6.64. The lowest BCUT2D eigenvalue weighted by Crippen LogP contribution is -2.44. The summed E-state index contributed by atoms with van der Waals surface area (Å²) in [6, 6.07) is 0.894. The summed E-state index contributed by atoms with van der Waals surface area (Å²) in [5, 5.41) is 9.60. The first-order chi connectivity index (χ1) is 9.08. The topological polar surface area (TPSA) is 75.1 Å². The molecule has 0 aromatic carbocycles. The van der Waals surface area contributed by atoms with Gasteiger partial charge in [-0.1, -0.05) is 0 Å². The summed E-state index contributed by atoms with van der Waals surface area (Å²) in [7, 11) is 3.91. The van der Waals surface area contributed by atoms with Gasteiger partial charge in [-0.2, -0.15) is 5.10 Å². The molecule has 1 heterocycles. The number of amides is 2.